The van der Waals surface area contributed by atoms with E-state index in [1.54, 1.807) is 19.1 Å². The first kappa shape index (κ1) is 12.3. The minimum Gasteiger partial charge on any atom is -0.482 e. The molecule has 18 heavy (non-hydrogen) atoms. The molecule has 0 unspecified atom stereocenters. The number of aromatic nitrogens is 1. The van der Waals surface area contributed by atoms with Gasteiger partial charge in [0.15, 0.2) is 11.6 Å². The molecule has 0 saturated heterocycles. The maximum absolute atomic E-state index is 13.5. The Kier molecular flexibility index (Phi) is 3.41. The van der Waals surface area contributed by atoms with Gasteiger partial charge in [0.2, 0.25) is 0 Å². The normalized spacial score (nSPS) is 12.2. The van der Waals surface area contributed by atoms with Crippen molar-refractivity contribution in [3.05, 3.63) is 53.7 Å². The highest BCUT2D eigenvalue weighted by atomic mass is 19.1. The molecule has 0 fully saturated rings. The fourth-order valence-electron chi connectivity index (χ4n) is 1.58. The third-order valence-electron chi connectivity index (χ3n) is 2.50. The van der Waals surface area contributed by atoms with Crippen LogP contribution in [-0.2, 0) is 0 Å². The van der Waals surface area contributed by atoms with E-state index in [9.17, 15) is 8.78 Å². The zero-order valence-electron chi connectivity index (χ0n) is 9.73. The highest BCUT2D eigenvalue weighted by molar-refractivity contribution is 5.45. The molecule has 0 bridgehead atoms. The standard InChI is InChI=1S/C13H12F2N2O/c1-8(10-7-9(14)4-5-11(10)15)18-12-3-2-6-17-13(12)16/h2-8H,1H3,(H2,16,17)/t8-/m0/s1. The number of halogens is 2. The van der Waals surface area contributed by atoms with Crippen molar-refractivity contribution in [2.45, 2.75) is 13.0 Å². The van der Waals surface area contributed by atoms with Gasteiger partial charge in [0.05, 0.1) is 0 Å². The SMILES string of the molecule is C[C@H](Oc1cccnc1N)c1cc(F)ccc1F. The second-order valence-electron chi connectivity index (χ2n) is 3.81. The van der Waals surface area contributed by atoms with E-state index in [0.29, 0.717) is 5.75 Å². The topological polar surface area (TPSA) is 48.1 Å². The lowest BCUT2D eigenvalue weighted by atomic mass is 10.1. The summed E-state index contributed by atoms with van der Waals surface area (Å²) >= 11 is 0. The molecule has 1 atom stereocenters. The van der Waals surface area contributed by atoms with Crippen LogP contribution in [0.15, 0.2) is 36.5 Å². The Morgan fingerprint density at radius 3 is 2.78 bits per heavy atom. The monoisotopic (exact) mass is 250 g/mol. The summed E-state index contributed by atoms with van der Waals surface area (Å²) in [7, 11) is 0. The fourth-order valence-corrected chi connectivity index (χ4v) is 1.58. The number of nitrogens with two attached hydrogens (primary N) is 1. The van der Waals surface area contributed by atoms with Gasteiger partial charge < -0.3 is 10.5 Å². The minimum absolute atomic E-state index is 0.137. The van der Waals surface area contributed by atoms with E-state index < -0.39 is 17.7 Å². The summed E-state index contributed by atoms with van der Waals surface area (Å²) < 4.78 is 32.1. The molecular weight excluding hydrogens is 238 g/mol. The number of ether oxygens (including phenoxy) is 1. The summed E-state index contributed by atoms with van der Waals surface area (Å²) in [6.07, 6.45) is 0.863. The van der Waals surface area contributed by atoms with Gasteiger partial charge in [-0.2, -0.15) is 0 Å². The second-order valence-corrected chi connectivity index (χ2v) is 3.81. The maximum Gasteiger partial charge on any atom is 0.166 e. The molecule has 1 heterocycles. The van der Waals surface area contributed by atoms with Gasteiger partial charge in [-0.15, -0.1) is 0 Å². The predicted molar refractivity (Wildman–Crippen MR) is 64.1 cm³/mol. The number of nitrogen functional groups attached to an aromatic ring is 1. The lowest BCUT2D eigenvalue weighted by Gasteiger charge is -2.16. The Morgan fingerprint density at radius 2 is 2.06 bits per heavy atom. The van der Waals surface area contributed by atoms with Gasteiger partial charge in [-0.25, -0.2) is 13.8 Å². The molecule has 0 amide bonds. The van der Waals surface area contributed by atoms with Crippen LogP contribution in [0.1, 0.15) is 18.6 Å². The summed E-state index contributed by atoms with van der Waals surface area (Å²) in [5, 5.41) is 0. The van der Waals surface area contributed by atoms with Gasteiger partial charge in [0.25, 0.3) is 0 Å². The molecule has 0 saturated carbocycles. The number of nitrogens with zero attached hydrogens (tertiary/aromatic N) is 1. The molecule has 0 aliphatic carbocycles. The molecule has 2 rings (SSSR count). The van der Waals surface area contributed by atoms with Crippen LogP contribution in [-0.4, -0.2) is 4.98 Å². The van der Waals surface area contributed by atoms with Crippen molar-refractivity contribution < 1.29 is 13.5 Å². The van der Waals surface area contributed by atoms with Gasteiger partial charge in [-0.1, -0.05) is 0 Å². The summed E-state index contributed by atoms with van der Waals surface area (Å²) in [6.45, 7) is 1.62. The van der Waals surface area contributed by atoms with Crippen LogP contribution < -0.4 is 10.5 Å². The van der Waals surface area contributed by atoms with Crippen molar-refractivity contribution in [1.29, 1.82) is 0 Å². The summed E-state index contributed by atoms with van der Waals surface area (Å²) in [5.41, 5.74) is 5.75. The zero-order chi connectivity index (χ0) is 13.1. The van der Waals surface area contributed by atoms with Crippen molar-refractivity contribution in [2.75, 3.05) is 5.73 Å². The van der Waals surface area contributed by atoms with Crippen molar-refractivity contribution >= 4 is 5.82 Å². The van der Waals surface area contributed by atoms with Gasteiger partial charge in [0.1, 0.15) is 17.7 Å². The van der Waals surface area contributed by atoms with Gasteiger partial charge in [-0.05, 0) is 37.3 Å². The Morgan fingerprint density at radius 1 is 1.28 bits per heavy atom. The summed E-state index contributed by atoms with van der Waals surface area (Å²) in [4.78, 5) is 3.85. The number of benzene rings is 1. The third kappa shape index (κ3) is 2.56. The number of rotatable bonds is 3. The van der Waals surface area contributed by atoms with E-state index in [4.69, 9.17) is 10.5 Å². The van der Waals surface area contributed by atoms with E-state index in [0.717, 1.165) is 18.2 Å². The molecular formula is C13H12F2N2O. The molecule has 0 aliphatic heterocycles. The lowest BCUT2D eigenvalue weighted by Crippen LogP contribution is -2.08. The predicted octanol–water partition coefficient (Wildman–Crippen LogP) is 3.08. The van der Waals surface area contributed by atoms with Crippen LogP contribution >= 0.6 is 0 Å². The smallest absolute Gasteiger partial charge is 0.166 e. The molecule has 1 aromatic carbocycles. The number of hydrogen-bond acceptors (Lipinski definition) is 3. The van der Waals surface area contributed by atoms with Gasteiger partial charge in [0, 0.05) is 11.8 Å². The van der Waals surface area contributed by atoms with Crippen molar-refractivity contribution in [1.82, 2.24) is 4.98 Å². The first-order chi connectivity index (χ1) is 8.58. The first-order valence-electron chi connectivity index (χ1n) is 5.40. The Balaban J connectivity index is 2.25. The average Bonchev–Trinajstić information content (AvgIpc) is 2.35. The minimum atomic E-state index is -0.660. The number of hydrogen-bond donors (Lipinski definition) is 1. The Hall–Kier alpha value is -2.17. The Labute approximate surface area is 103 Å². The van der Waals surface area contributed by atoms with Crippen LogP contribution in [0.5, 0.6) is 5.75 Å². The Bertz CT molecular complexity index is 560. The third-order valence-corrected chi connectivity index (χ3v) is 2.50. The van der Waals surface area contributed by atoms with E-state index in [1.807, 2.05) is 0 Å². The van der Waals surface area contributed by atoms with Gasteiger partial charge >= 0.3 is 0 Å². The number of pyridine rings is 1. The van der Waals surface area contributed by atoms with E-state index in [2.05, 4.69) is 4.98 Å². The largest absolute Gasteiger partial charge is 0.482 e. The summed E-state index contributed by atoms with van der Waals surface area (Å²) in [6, 6.07) is 6.50. The molecule has 2 N–H and O–H groups in total. The first-order valence-corrected chi connectivity index (χ1v) is 5.40. The highest BCUT2D eigenvalue weighted by Gasteiger charge is 2.14. The van der Waals surface area contributed by atoms with Crippen molar-refractivity contribution in [3.63, 3.8) is 0 Å². The molecule has 3 nitrogen and oxygen atoms in total. The lowest BCUT2D eigenvalue weighted by molar-refractivity contribution is 0.221. The second kappa shape index (κ2) is 5.00. The van der Waals surface area contributed by atoms with Crippen LogP contribution in [0.25, 0.3) is 0 Å². The summed E-state index contributed by atoms with van der Waals surface area (Å²) in [5.74, 6) is -0.484. The maximum atomic E-state index is 13.5. The van der Waals surface area contributed by atoms with Crippen molar-refractivity contribution in [3.8, 4) is 5.75 Å². The van der Waals surface area contributed by atoms with E-state index >= 15 is 0 Å². The fraction of sp³-hybridized carbons (Fsp3) is 0.154. The highest BCUT2D eigenvalue weighted by Crippen LogP contribution is 2.26. The number of anilines is 1. The average molecular weight is 250 g/mol. The van der Waals surface area contributed by atoms with Gasteiger partial charge in [-0.3, -0.25) is 0 Å². The van der Waals surface area contributed by atoms with Crippen LogP contribution in [0.3, 0.4) is 0 Å². The van der Waals surface area contributed by atoms with Crippen LogP contribution in [0, 0.1) is 11.6 Å². The van der Waals surface area contributed by atoms with E-state index in [-0.39, 0.29) is 11.4 Å². The molecule has 94 valence electrons. The van der Waals surface area contributed by atoms with Crippen LogP contribution in [0.2, 0.25) is 0 Å². The van der Waals surface area contributed by atoms with Crippen molar-refractivity contribution in [2.24, 2.45) is 0 Å². The van der Waals surface area contributed by atoms with E-state index in [1.165, 1.54) is 6.20 Å². The van der Waals surface area contributed by atoms with Crippen LogP contribution in [0.4, 0.5) is 14.6 Å². The molecule has 2 aromatic rings. The zero-order valence-corrected chi connectivity index (χ0v) is 9.73. The molecule has 0 radical (unpaired) electrons. The molecule has 0 spiro atoms. The quantitative estimate of drug-likeness (QED) is 0.910. The molecule has 5 heteroatoms. The molecule has 0 aliphatic rings. The molecule has 1 aromatic heterocycles.